The number of ether oxygens (including phenoxy) is 1. The summed E-state index contributed by atoms with van der Waals surface area (Å²) >= 11 is 4.65. The van der Waals surface area contributed by atoms with Gasteiger partial charge in [-0.2, -0.15) is 13.2 Å². The van der Waals surface area contributed by atoms with E-state index in [0.717, 1.165) is 31.7 Å². The van der Waals surface area contributed by atoms with Crippen molar-refractivity contribution >= 4 is 17.2 Å². The Hall–Kier alpha value is -1.30. The first-order valence-corrected chi connectivity index (χ1v) is 7.41. The molecule has 21 heavy (non-hydrogen) atoms. The van der Waals surface area contributed by atoms with Gasteiger partial charge in [0, 0.05) is 5.56 Å². The molecule has 0 radical (unpaired) electrons. The lowest BCUT2D eigenvalue weighted by Gasteiger charge is -2.14. The molecule has 0 aliphatic carbocycles. The van der Waals surface area contributed by atoms with Crippen LogP contribution in [0, 0.1) is 0 Å². The fourth-order valence-corrected chi connectivity index (χ4v) is 2.14. The Bertz CT molecular complexity index is 474. The van der Waals surface area contributed by atoms with E-state index in [0.29, 0.717) is 6.61 Å². The van der Waals surface area contributed by atoms with E-state index in [1.54, 1.807) is 0 Å². The normalized spacial score (nSPS) is 11.4. The molecule has 0 amide bonds. The highest BCUT2D eigenvalue weighted by Gasteiger charge is 2.34. The van der Waals surface area contributed by atoms with Crippen LogP contribution in [0.15, 0.2) is 18.2 Å². The molecule has 0 aliphatic heterocycles. The van der Waals surface area contributed by atoms with E-state index in [4.69, 9.17) is 10.5 Å². The highest BCUT2D eigenvalue weighted by Crippen LogP contribution is 2.34. The van der Waals surface area contributed by atoms with E-state index in [2.05, 4.69) is 19.1 Å². The number of alkyl halides is 3. The standard InChI is InChI=1S/C15H20F3NOS/c1-2-3-4-5-6-9-20-11-7-8-12(14(19)21)13(10-11)15(16,17)18/h7-8,10H,2-6,9H2,1H3,(H2,19,21). The Morgan fingerprint density at radius 1 is 1.19 bits per heavy atom. The molecule has 0 aliphatic rings. The van der Waals surface area contributed by atoms with Crippen LogP contribution < -0.4 is 10.5 Å². The second-order valence-corrected chi connectivity index (χ2v) is 5.27. The van der Waals surface area contributed by atoms with Crippen molar-refractivity contribution < 1.29 is 17.9 Å². The lowest BCUT2D eigenvalue weighted by molar-refractivity contribution is -0.137. The molecule has 0 unspecified atom stereocenters. The zero-order valence-corrected chi connectivity index (χ0v) is 12.8. The fraction of sp³-hybridized carbons (Fsp3) is 0.533. The van der Waals surface area contributed by atoms with Crippen LogP contribution in [-0.2, 0) is 6.18 Å². The Morgan fingerprint density at radius 2 is 1.86 bits per heavy atom. The van der Waals surface area contributed by atoms with Gasteiger partial charge in [-0.25, -0.2) is 0 Å². The summed E-state index contributed by atoms with van der Waals surface area (Å²) in [6.45, 7) is 2.53. The molecule has 0 saturated carbocycles. The van der Waals surface area contributed by atoms with E-state index >= 15 is 0 Å². The summed E-state index contributed by atoms with van der Waals surface area (Å²) in [5.74, 6) is 0.192. The van der Waals surface area contributed by atoms with Gasteiger partial charge in [0.05, 0.1) is 12.2 Å². The molecule has 0 fully saturated rings. The third-order valence-electron chi connectivity index (χ3n) is 3.08. The Balaban J connectivity index is 2.66. The maximum atomic E-state index is 12.9. The molecular weight excluding hydrogens is 299 g/mol. The van der Waals surface area contributed by atoms with Gasteiger partial charge in [-0.1, -0.05) is 44.8 Å². The highest BCUT2D eigenvalue weighted by molar-refractivity contribution is 7.80. The van der Waals surface area contributed by atoms with Crippen LogP contribution in [0.3, 0.4) is 0 Å². The molecule has 0 saturated heterocycles. The quantitative estimate of drug-likeness (QED) is 0.558. The molecule has 0 spiro atoms. The molecule has 1 rings (SSSR count). The van der Waals surface area contributed by atoms with Gasteiger partial charge in [-0.15, -0.1) is 0 Å². The summed E-state index contributed by atoms with van der Waals surface area (Å²) in [4.78, 5) is -0.270. The summed E-state index contributed by atoms with van der Waals surface area (Å²) in [5, 5.41) is 0. The third-order valence-corrected chi connectivity index (χ3v) is 3.30. The molecule has 0 bridgehead atoms. The van der Waals surface area contributed by atoms with Gasteiger partial charge in [-0.3, -0.25) is 0 Å². The first-order chi connectivity index (χ1) is 9.86. The zero-order valence-electron chi connectivity index (χ0n) is 12.0. The van der Waals surface area contributed by atoms with Crippen LogP contribution in [0.5, 0.6) is 5.75 Å². The van der Waals surface area contributed by atoms with E-state index in [1.165, 1.54) is 18.6 Å². The first-order valence-electron chi connectivity index (χ1n) is 7.00. The van der Waals surface area contributed by atoms with Gasteiger partial charge in [0.1, 0.15) is 10.7 Å². The number of halogens is 3. The van der Waals surface area contributed by atoms with Crippen LogP contribution in [0.1, 0.15) is 50.2 Å². The molecule has 2 nitrogen and oxygen atoms in total. The monoisotopic (exact) mass is 319 g/mol. The van der Waals surface area contributed by atoms with Crippen LogP contribution in [-0.4, -0.2) is 11.6 Å². The van der Waals surface area contributed by atoms with E-state index < -0.39 is 11.7 Å². The minimum atomic E-state index is -4.50. The Morgan fingerprint density at radius 3 is 2.43 bits per heavy atom. The topological polar surface area (TPSA) is 35.2 Å². The molecule has 2 N–H and O–H groups in total. The van der Waals surface area contributed by atoms with Crippen molar-refractivity contribution in [1.82, 2.24) is 0 Å². The van der Waals surface area contributed by atoms with Gasteiger partial charge in [0.2, 0.25) is 0 Å². The van der Waals surface area contributed by atoms with Gasteiger partial charge in [0.15, 0.2) is 0 Å². The van der Waals surface area contributed by atoms with Crippen LogP contribution >= 0.6 is 12.2 Å². The zero-order chi connectivity index (χ0) is 15.9. The summed E-state index contributed by atoms with van der Waals surface area (Å²) in [7, 11) is 0. The van der Waals surface area contributed by atoms with Crippen molar-refractivity contribution in [2.24, 2.45) is 5.73 Å². The number of rotatable bonds is 8. The number of unbranched alkanes of at least 4 members (excludes halogenated alkanes) is 4. The lowest BCUT2D eigenvalue weighted by Crippen LogP contribution is -2.18. The maximum Gasteiger partial charge on any atom is 0.417 e. The number of hydrogen-bond acceptors (Lipinski definition) is 2. The molecule has 0 heterocycles. The number of nitrogens with two attached hydrogens (primary N) is 1. The molecule has 1 aromatic carbocycles. The molecular formula is C15H20F3NOS. The predicted molar refractivity (Wildman–Crippen MR) is 81.6 cm³/mol. The Kier molecular flexibility index (Phi) is 6.95. The van der Waals surface area contributed by atoms with Crippen molar-refractivity contribution in [3.05, 3.63) is 29.3 Å². The minimum Gasteiger partial charge on any atom is -0.494 e. The van der Waals surface area contributed by atoms with Crippen molar-refractivity contribution in [2.45, 2.75) is 45.2 Å². The maximum absolute atomic E-state index is 12.9. The third kappa shape index (κ3) is 5.91. The van der Waals surface area contributed by atoms with Gasteiger partial charge >= 0.3 is 6.18 Å². The van der Waals surface area contributed by atoms with E-state index in [9.17, 15) is 13.2 Å². The van der Waals surface area contributed by atoms with Crippen LogP contribution in [0.25, 0.3) is 0 Å². The van der Waals surface area contributed by atoms with E-state index in [1.807, 2.05) is 0 Å². The van der Waals surface area contributed by atoms with Crippen LogP contribution in [0.4, 0.5) is 13.2 Å². The molecule has 118 valence electrons. The smallest absolute Gasteiger partial charge is 0.417 e. The van der Waals surface area contributed by atoms with Crippen molar-refractivity contribution in [3.63, 3.8) is 0 Å². The SMILES string of the molecule is CCCCCCCOc1ccc(C(N)=S)c(C(F)(F)F)c1. The second-order valence-electron chi connectivity index (χ2n) is 4.83. The second kappa shape index (κ2) is 8.22. The predicted octanol–water partition coefficient (Wildman–Crippen LogP) is 4.69. The Labute approximate surface area is 128 Å². The molecule has 6 heteroatoms. The molecule has 1 aromatic rings. The molecule has 0 aromatic heterocycles. The summed E-state index contributed by atoms with van der Waals surface area (Å²) in [5.41, 5.74) is 4.30. The fourth-order valence-electron chi connectivity index (χ4n) is 1.96. The number of benzene rings is 1. The van der Waals surface area contributed by atoms with Gasteiger partial charge in [0.25, 0.3) is 0 Å². The number of thiocarbonyl (C=S) groups is 1. The van der Waals surface area contributed by atoms with Gasteiger partial charge in [-0.05, 0) is 24.6 Å². The van der Waals surface area contributed by atoms with Crippen molar-refractivity contribution in [2.75, 3.05) is 6.61 Å². The largest absolute Gasteiger partial charge is 0.494 e. The summed E-state index contributed by atoms with van der Waals surface area (Å²) in [6, 6.07) is 3.69. The summed E-state index contributed by atoms with van der Waals surface area (Å²) in [6.07, 6.45) is 0.785. The molecule has 0 atom stereocenters. The minimum absolute atomic E-state index is 0.173. The van der Waals surface area contributed by atoms with E-state index in [-0.39, 0.29) is 16.3 Å². The number of hydrogen-bond donors (Lipinski definition) is 1. The lowest BCUT2D eigenvalue weighted by atomic mass is 10.1. The van der Waals surface area contributed by atoms with Crippen molar-refractivity contribution in [3.8, 4) is 5.75 Å². The van der Waals surface area contributed by atoms with Crippen molar-refractivity contribution in [1.29, 1.82) is 0 Å². The average molecular weight is 319 g/mol. The average Bonchev–Trinajstić information content (AvgIpc) is 2.41. The summed E-state index contributed by atoms with van der Waals surface area (Å²) < 4.78 is 44.2. The van der Waals surface area contributed by atoms with Crippen LogP contribution in [0.2, 0.25) is 0 Å². The highest BCUT2D eigenvalue weighted by atomic mass is 32.1. The van der Waals surface area contributed by atoms with Gasteiger partial charge < -0.3 is 10.5 Å². The first kappa shape index (κ1) is 17.8.